The fraction of sp³-hybridized carbons (Fsp3) is 0. The van der Waals surface area contributed by atoms with Crippen LogP contribution in [0.3, 0.4) is 0 Å². The van der Waals surface area contributed by atoms with Gasteiger partial charge in [-0.25, -0.2) is 0 Å². The van der Waals surface area contributed by atoms with Crippen LogP contribution in [-0.4, -0.2) is 24.9 Å². The molecule has 0 aromatic heterocycles. The fourth-order valence-electron chi connectivity index (χ4n) is 0. The van der Waals surface area contributed by atoms with Gasteiger partial charge < -0.3 is 36.9 Å². The van der Waals surface area contributed by atoms with Crippen LogP contribution in [0.1, 0.15) is 0 Å². The molecule has 24 N–H and O–H groups in total. The summed E-state index contributed by atoms with van der Waals surface area (Å²) in [5.41, 5.74) is 0. The van der Waals surface area contributed by atoms with Crippen molar-refractivity contribution in [3.05, 3.63) is 0 Å². The Labute approximate surface area is 125 Å². The molecule has 18 nitrogen and oxygen atoms in total. The quantitative estimate of drug-likeness (QED) is 0.172. The van der Waals surface area contributed by atoms with E-state index in [1.165, 1.54) is 0 Å². The van der Waals surface area contributed by atoms with Gasteiger partial charge in [-0.1, -0.05) is 0 Å². The summed E-state index contributed by atoms with van der Waals surface area (Å²) in [7, 11) is 0. The van der Waals surface area contributed by atoms with Gasteiger partial charge in [-0.05, 0) is 0 Å². The average molecular weight is 456 g/mol. The zero-order chi connectivity index (χ0) is 13.5. The van der Waals surface area contributed by atoms with Crippen molar-refractivity contribution in [1.82, 2.24) is 36.9 Å². The molecule has 0 aromatic rings. The number of hydrogen-bond acceptors (Lipinski definition) is 12. The van der Waals surface area contributed by atoms with E-state index < -0.39 is 40.8 Å². The third-order valence-corrected chi connectivity index (χ3v) is 0. The second-order valence-electron chi connectivity index (χ2n) is 1.34. The molecule has 0 rings (SSSR count). The Morgan fingerprint density at radius 2 is 0.333 bits per heavy atom. The van der Waals surface area contributed by atoms with E-state index in [0.29, 0.717) is 0 Å². The molecule has 0 saturated heterocycles. The van der Waals surface area contributed by atoms with Crippen LogP contribution in [0.2, 0.25) is 0 Å². The van der Waals surface area contributed by atoms with E-state index in [9.17, 15) is 0 Å². The van der Waals surface area contributed by atoms with Crippen molar-refractivity contribution in [1.29, 1.82) is 0 Å². The average Bonchev–Trinajstić information content (AvgIpc) is 1.41. The summed E-state index contributed by atoms with van der Waals surface area (Å²) in [6.07, 6.45) is 0. The molecule has 0 saturated carbocycles. The normalized spacial score (nSPS) is 8.29. The zero-order valence-electron chi connectivity index (χ0n) is 10.6. The van der Waals surface area contributed by atoms with Gasteiger partial charge in [0.1, 0.15) is 0 Å². The standard InChI is InChI=1S/3Cr.6H3N.6H2O.6O/h;;;6*1H3;6*1H2;;;;;;/q3*+2;;;;;;;;;;;;;;;;;;/p-6. The number of hydrogen-bond donors (Lipinski definition) is 12. The molecule has 0 fully saturated rings. The minimum atomic E-state index is -5.25. The van der Waals surface area contributed by atoms with Gasteiger partial charge in [0, 0.05) is 0 Å². The SMILES string of the molecule is N.N.N.N.N.N.[O]=[Cr](=[O])([OH])[OH].[O]=[Cr](=[O])([OH])[OH].[O]=[Cr](=[O])([OH])[OH]. The van der Waals surface area contributed by atoms with Gasteiger partial charge in [-0.2, -0.15) is 0 Å². The van der Waals surface area contributed by atoms with Crippen molar-refractivity contribution in [3.8, 4) is 0 Å². The summed E-state index contributed by atoms with van der Waals surface area (Å²) in [4.78, 5) is 0. The predicted octanol–water partition coefficient (Wildman–Crippen LogP) is -3.09. The molecule has 21 heavy (non-hydrogen) atoms. The van der Waals surface area contributed by atoms with Crippen molar-refractivity contribution in [2.75, 3.05) is 0 Å². The summed E-state index contributed by atoms with van der Waals surface area (Å²) < 4.78 is 95.6. The van der Waals surface area contributed by atoms with Crippen LogP contribution in [0.15, 0.2) is 0 Å². The first kappa shape index (κ1) is 58.4. The predicted molar refractivity (Wildman–Crippen MR) is 47.6 cm³/mol. The molecule has 0 aliphatic heterocycles. The molecule has 0 unspecified atom stereocenters. The Morgan fingerprint density at radius 3 is 0.333 bits per heavy atom. The van der Waals surface area contributed by atoms with Gasteiger partial charge in [-0.15, -0.1) is 0 Å². The van der Waals surface area contributed by atoms with Crippen LogP contribution in [0.5, 0.6) is 0 Å². The molecule has 0 aliphatic carbocycles. The van der Waals surface area contributed by atoms with E-state index in [-0.39, 0.29) is 36.9 Å². The van der Waals surface area contributed by atoms with Crippen molar-refractivity contribution < 1.29 is 88.6 Å². The monoisotopic (exact) mass is 456 g/mol. The summed E-state index contributed by atoms with van der Waals surface area (Å²) in [5, 5.41) is 0. The maximum absolute atomic E-state index is 8.82. The molecule has 0 aromatic carbocycles. The van der Waals surface area contributed by atoms with Gasteiger partial charge in [0.25, 0.3) is 0 Å². The van der Waals surface area contributed by atoms with E-state index in [0.717, 1.165) is 0 Å². The van der Waals surface area contributed by atoms with Crippen molar-refractivity contribution in [3.63, 3.8) is 0 Å². The van der Waals surface area contributed by atoms with Crippen LogP contribution >= 0.6 is 0 Å². The topological polar surface area (TPSA) is 434 Å². The molecule has 0 amide bonds. The minimum absolute atomic E-state index is 0. The van der Waals surface area contributed by atoms with Gasteiger partial charge in [0.2, 0.25) is 0 Å². The van der Waals surface area contributed by atoms with Crippen molar-refractivity contribution in [2.45, 2.75) is 0 Å². The summed E-state index contributed by atoms with van der Waals surface area (Å²) in [6.45, 7) is 0. The van der Waals surface area contributed by atoms with E-state index >= 15 is 0 Å². The van der Waals surface area contributed by atoms with Crippen LogP contribution in [0.4, 0.5) is 0 Å². The Morgan fingerprint density at radius 1 is 0.333 bits per heavy atom. The molecular formula is H24Cr3N6O12. The summed E-state index contributed by atoms with van der Waals surface area (Å²) in [5.74, 6) is 0. The summed E-state index contributed by atoms with van der Waals surface area (Å²) >= 11 is -15.8. The van der Waals surface area contributed by atoms with E-state index in [4.69, 9.17) is 47.8 Å². The van der Waals surface area contributed by atoms with Crippen molar-refractivity contribution >= 4 is 0 Å². The maximum atomic E-state index is 8.82. The third-order valence-electron chi connectivity index (χ3n) is 0. The summed E-state index contributed by atoms with van der Waals surface area (Å²) in [6, 6.07) is 0. The number of rotatable bonds is 0. The van der Waals surface area contributed by atoms with Crippen LogP contribution in [-0.2, 0) is 63.7 Å². The fourth-order valence-corrected chi connectivity index (χ4v) is 0. The Bertz CT molecular complexity index is 350. The molecule has 21 heteroatoms. The van der Waals surface area contributed by atoms with Crippen molar-refractivity contribution in [2.24, 2.45) is 0 Å². The Kier molecular flexibility index (Phi) is 61.8. The van der Waals surface area contributed by atoms with E-state index in [2.05, 4.69) is 0 Å². The van der Waals surface area contributed by atoms with Gasteiger partial charge in [0.15, 0.2) is 0 Å². The molecule has 144 valence electrons. The molecule has 0 radical (unpaired) electrons. The second-order valence-corrected chi connectivity index (χ2v) is 5.54. The van der Waals surface area contributed by atoms with Gasteiger partial charge >= 0.3 is 88.6 Å². The second kappa shape index (κ2) is 22.2. The van der Waals surface area contributed by atoms with Crippen LogP contribution in [0, 0.1) is 0 Å². The molecule has 0 heterocycles. The Hall–Kier alpha value is -0.0826. The molecule has 0 atom stereocenters. The molecule has 0 spiro atoms. The van der Waals surface area contributed by atoms with Crippen LogP contribution < -0.4 is 36.9 Å². The zero-order valence-corrected chi connectivity index (χ0v) is 14.4. The molecule has 0 bridgehead atoms. The first-order valence-electron chi connectivity index (χ1n) is 2.10. The first-order chi connectivity index (χ1) is 6.00. The van der Waals surface area contributed by atoms with Gasteiger partial charge in [0.05, 0.1) is 0 Å². The Balaban J connectivity index is -0.0000000129. The van der Waals surface area contributed by atoms with Gasteiger partial charge in [-0.3, -0.25) is 0 Å². The van der Waals surface area contributed by atoms with E-state index in [1.807, 2.05) is 0 Å². The van der Waals surface area contributed by atoms with E-state index in [1.54, 1.807) is 0 Å². The molecular weight excluding hydrogens is 432 g/mol. The molecule has 0 aliphatic rings. The third kappa shape index (κ3) is 937000. The van der Waals surface area contributed by atoms with Crippen LogP contribution in [0.25, 0.3) is 0 Å². The first-order valence-corrected chi connectivity index (χ1v) is 8.64.